The molecule has 45 heavy (non-hydrogen) atoms. The van der Waals surface area contributed by atoms with Crippen molar-refractivity contribution >= 4 is 5.91 Å². The average molecular weight is 633 g/mol. The lowest BCUT2D eigenvalue weighted by molar-refractivity contribution is -0.151. The number of hydrogen-bond acceptors (Lipinski definition) is 6. The predicted octanol–water partition coefficient (Wildman–Crippen LogP) is 6.81. The van der Waals surface area contributed by atoms with Crippen molar-refractivity contribution in [2.45, 2.75) is 75.9 Å². The Morgan fingerprint density at radius 2 is 1.82 bits per heavy atom. The molecule has 0 radical (unpaired) electrons. The lowest BCUT2D eigenvalue weighted by Crippen LogP contribution is -2.43. The fourth-order valence-corrected chi connectivity index (χ4v) is 5.38. The molecule has 12 heteroatoms. The number of rotatable bonds is 11. The number of aliphatic hydroxyl groups is 1. The van der Waals surface area contributed by atoms with Crippen LogP contribution in [0.4, 0.5) is 22.0 Å². The van der Waals surface area contributed by atoms with Gasteiger partial charge >= 0.3 is 6.18 Å². The van der Waals surface area contributed by atoms with Gasteiger partial charge in [-0.05, 0) is 87.4 Å². The third-order valence-electron chi connectivity index (χ3n) is 8.50. The molecular formula is C33H33F5N2O5. The molecule has 3 atom stereocenters. The molecule has 2 unspecified atom stereocenters. The fraction of sp³-hybridized carbons (Fsp3) is 0.455. The molecule has 0 spiro atoms. The van der Waals surface area contributed by atoms with E-state index in [2.05, 4.69) is 10.3 Å². The summed E-state index contributed by atoms with van der Waals surface area (Å²) in [6, 6.07) is 8.79. The van der Waals surface area contributed by atoms with E-state index >= 15 is 0 Å². The van der Waals surface area contributed by atoms with E-state index in [1.54, 1.807) is 18.2 Å². The highest BCUT2D eigenvalue weighted by atomic mass is 19.4. The largest absolute Gasteiger partial charge is 0.490 e. The molecule has 2 aromatic carbocycles. The number of carbonyl (C=O) groups is 1. The maximum Gasteiger partial charge on any atom is 0.399 e. The van der Waals surface area contributed by atoms with Crippen molar-refractivity contribution in [1.82, 2.24) is 10.3 Å². The standard InChI is InChI=1S/C33H33F5N2O5/c1-3-17(2)44-27-13-19(5-11-26(27)45-21-8-9-21)31(41)39-16-32(42,20-6-7-20)28-14-22-23(33(36,37)38)15-43-30(22)29(40-28)18-4-10-24(34)25(35)12-18/h4-5,10-14,17,20-21,23,42H,3,6-9,15-16H2,1-2H3,(H,39,41)/t17?,23-,32?/m1/s1. The number of nitrogens with zero attached hydrogens (tertiary/aromatic N) is 1. The molecule has 2 fully saturated rings. The molecule has 2 N–H and O–H groups in total. The van der Waals surface area contributed by atoms with Gasteiger partial charge in [0.2, 0.25) is 0 Å². The van der Waals surface area contributed by atoms with Crippen LogP contribution >= 0.6 is 0 Å². The first-order valence-corrected chi connectivity index (χ1v) is 15.1. The van der Waals surface area contributed by atoms with Crippen molar-refractivity contribution in [3.8, 4) is 28.5 Å². The lowest BCUT2D eigenvalue weighted by Gasteiger charge is -2.29. The Kier molecular flexibility index (Phi) is 8.13. The molecule has 2 aliphatic carbocycles. The van der Waals surface area contributed by atoms with Crippen LogP contribution in [0.2, 0.25) is 0 Å². The maximum absolute atomic E-state index is 14.2. The Balaban J connectivity index is 1.33. The quantitative estimate of drug-likeness (QED) is 0.226. The van der Waals surface area contributed by atoms with E-state index in [1.165, 1.54) is 6.07 Å². The van der Waals surface area contributed by atoms with Crippen molar-refractivity contribution in [3.05, 3.63) is 70.9 Å². The third-order valence-corrected chi connectivity index (χ3v) is 8.50. The molecule has 1 aromatic heterocycles. The normalized spacial score (nSPS) is 19.7. The minimum Gasteiger partial charge on any atom is -0.490 e. The van der Waals surface area contributed by atoms with Crippen LogP contribution in [0.3, 0.4) is 0 Å². The summed E-state index contributed by atoms with van der Waals surface area (Å²) >= 11 is 0. The fourth-order valence-electron chi connectivity index (χ4n) is 5.38. The molecule has 2 saturated carbocycles. The van der Waals surface area contributed by atoms with E-state index in [4.69, 9.17) is 14.2 Å². The highest BCUT2D eigenvalue weighted by Crippen LogP contribution is 2.51. The van der Waals surface area contributed by atoms with Crippen LogP contribution in [0.5, 0.6) is 17.2 Å². The number of fused-ring (bicyclic) bond motifs is 1. The van der Waals surface area contributed by atoms with Crippen LogP contribution in [0.15, 0.2) is 42.5 Å². The number of pyridine rings is 1. The zero-order chi connectivity index (χ0) is 32.1. The molecule has 7 nitrogen and oxygen atoms in total. The molecule has 3 aliphatic rings. The highest BCUT2D eigenvalue weighted by molar-refractivity contribution is 5.95. The van der Waals surface area contributed by atoms with E-state index in [1.807, 2.05) is 13.8 Å². The van der Waals surface area contributed by atoms with Crippen molar-refractivity contribution in [1.29, 1.82) is 0 Å². The van der Waals surface area contributed by atoms with Crippen molar-refractivity contribution in [2.24, 2.45) is 5.92 Å². The summed E-state index contributed by atoms with van der Waals surface area (Å²) < 4.78 is 87.3. The molecule has 6 rings (SSSR count). The number of alkyl halides is 3. The van der Waals surface area contributed by atoms with Gasteiger partial charge in [0.1, 0.15) is 29.6 Å². The molecule has 0 saturated heterocycles. The molecular weight excluding hydrogens is 599 g/mol. The molecule has 3 aromatic rings. The number of carbonyl (C=O) groups excluding carboxylic acids is 1. The number of amides is 1. The topological polar surface area (TPSA) is 89.9 Å². The van der Waals surface area contributed by atoms with Gasteiger partial charge in [-0.15, -0.1) is 0 Å². The minimum atomic E-state index is -4.68. The van der Waals surface area contributed by atoms with Crippen LogP contribution in [-0.4, -0.2) is 47.5 Å². The number of nitrogens with one attached hydrogen (secondary N) is 1. The van der Waals surface area contributed by atoms with E-state index in [0.717, 1.165) is 37.5 Å². The summed E-state index contributed by atoms with van der Waals surface area (Å²) in [6.45, 7) is 2.78. The lowest BCUT2D eigenvalue weighted by atomic mass is 9.88. The van der Waals surface area contributed by atoms with Gasteiger partial charge in [-0.3, -0.25) is 4.79 Å². The highest BCUT2D eigenvalue weighted by Gasteiger charge is 2.51. The van der Waals surface area contributed by atoms with E-state index in [9.17, 15) is 31.9 Å². The van der Waals surface area contributed by atoms with Gasteiger partial charge in [0.15, 0.2) is 23.1 Å². The van der Waals surface area contributed by atoms with Crippen LogP contribution in [0, 0.1) is 17.6 Å². The van der Waals surface area contributed by atoms with Gasteiger partial charge in [0.05, 0.1) is 24.4 Å². The van der Waals surface area contributed by atoms with Gasteiger partial charge in [0.25, 0.3) is 5.91 Å². The summed E-state index contributed by atoms with van der Waals surface area (Å²) in [5.74, 6) is -4.59. The Morgan fingerprint density at radius 1 is 1.07 bits per heavy atom. The van der Waals surface area contributed by atoms with E-state index in [-0.39, 0.29) is 52.6 Å². The molecule has 240 valence electrons. The number of ether oxygens (including phenoxy) is 3. The predicted molar refractivity (Wildman–Crippen MR) is 153 cm³/mol. The first-order valence-electron chi connectivity index (χ1n) is 15.1. The molecule has 2 heterocycles. The first kappa shape index (κ1) is 31.1. The molecule has 0 bridgehead atoms. The van der Waals surface area contributed by atoms with Crippen LogP contribution in [-0.2, 0) is 5.60 Å². The van der Waals surface area contributed by atoms with Crippen LogP contribution in [0.1, 0.15) is 73.5 Å². The summed E-state index contributed by atoms with van der Waals surface area (Å²) in [5, 5.41) is 14.7. The Labute approximate surface area is 256 Å². The van der Waals surface area contributed by atoms with Crippen LogP contribution < -0.4 is 19.5 Å². The Morgan fingerprint density at radius 3 is 2.47 bits per heavy atom. The first-order chi connectivity index (χ1) is 21.4. The van der Waals surface area contributed by atoms with Crippen molar-refractivity contribution in [3.63, 3.8) is 0 Å². The summed E-state index contributed by atoms with van der Waals surface area (Å²) in [5.41, 5.74) is -2.18. The number of benzene rings is 2. The number of hydrogen-bond donors (Lipinski definition) is 2. The SMILES string of the molecule is CCC(C)Oc1cc(C(=O)NCC(O)(c2cc3c(c(-c4ccc(F)c(F)c4)n2)OC[C@H]3C(F)(F)F)C2CC2)ccc1OC1CC1. The monoisotopic (exact) mass is 632 g/mol. The second-order valence-corrected chi connectivity index (χ2v) is 12.0. The van der Waals surface area contributed by atoms with Gasteiger partial charge in [-0.1, -0.05) is 6.92 Å². The second kappa shape index (κ2) is 11.8. The summed E-state index contributed by atoms with van der Waals surface area (Å²) in [6.07, 6.45) is -1.00. The molecule has 1 aliphatic heterocycles. The van der Waals surface area contributed by atoms with Gasteiger partial charge in [-0.25, -0.2) is 13.8 Å². The smallest absolute Gasteiger partial charge is 0.399 e. The van der Waals surface area contributed by atoms with Gasteiger partial charge in [0, 0.05) is 16.7 Å². The van der Waals surface area contributed by atoms with Crippen molar-refractivity contribution in [2.75, 3.05) is 13.2 Å². The summed E-state index contributed by atoms with van der Waals surface area (Å²) in [4.78, 5) is 17.8. The zero-order valence-corrected chi connectivity index (χ0v) is 24.7. The number of halogens is 5. The minimum absolute atomic E-state index is 0.0145. The molecule has 1 amide bonds. The Hall–Kier alpha value is -3.93. The van der Waals surface area contributed by atoms with Crippen molar-refractivity contribution < 1.29 is 46.1 Å². The Bertz CT molecular complexity index is 1610. The second-order valence-electron chi connectivity index (χ2n) is 12.0. The summed E-state index contributed by atoms with van der Waals surface area (Å²) in [7, 11) is 0. The third kappa shape index (κ3) is 6.43. The maximum atomic E-state index is 14.2. The van der Waals surface area contributed by atoms with E-state index < -0.39 is 47.8 Å². The average Bonchev–Trinajstić information content (AvgIpc) is 3.95. The van der Waals surface area contributed by atoms with E-state index in [0.29, 0.717) is 24.3 Å². The zero-order valence-electron chi connectivity index (χ0n) is 24.7. The van der Waals surface area contributed by atoms with Gasteiger partial charge < -0.3 is 24.6 Å². The number of aromatic nitrogens is 1. The van der Waals surface area contributed by atoms with Crippen LogP contribution in [0.25, 0.3) is 11.3 Å². The van der Waals surface area contributed by atoms with Gasteiger partial charge in [-0.2, -0.15) is 13.2 Å².